The Morgan fingerprint density at radius 2 is 1.79 bits per heavy atom. The van der Waals surface area contributed by atoms with Gasteiger partial charge in [0.2, 0.25) is 11.8 Å². The van der Waals surface area contributed by atoms with E-state index >= 15 is 0 Å². The predicted octanol–water partition coefficient (Wildman–Crippen LogP) is 4.35. The van der Waals surface area contributed by atoms with Gasteiger partial charge in [0.1, 0.15) is 5.75 Å². The van der Waals surface area contributed by atoms with E-state index in [1.165, 1.54) is 36.2 Å². The molecule has 0 aliphatic rings. The Labute approximate surface area is 164 Å². The fourth-order valence-corrected chi connectivity index (χ4v) is 2.30. The summed E-state index contributed by atoms with van der Waals surface area (Å²) in [6, 6.07) is 11.7. The molecular formula is C19H16ClF3N2O3. The molecule has 0 heterocycles. The van der Waals surface area contributed by atoms with Crippen LogP contribution in [0, 0.1) is 0 Å². The summed E-state index contributed by atoms with van der Waals surface area (Å²) in [5.74, 6) is -1.24. The zero-order valence-electron chi connectivity index (χ0n) is 14.7. The lowest BCUT2D eigenvalue weighted by molar-refractivity contribution is -0.274. The van der Waals surface area contributed by atoms with Crippen molar-refractivity contribution in [1.29, 1.82) is 0 Å². The first-order chi connectivity index (χ1) is 13.1. The molecule has 0 spiro atoms. The minimum Gasteiger partial charge on any atom is -0.406 e. The third-order valence-electron chi connectivity index (χ3n) is 3.44. The van der Waals surface area contributed by atoms with Crippen molar-refractivity contribution in [3.05, 3.63) is 65.2 Å². The van der Waals surface area contributed by atoms with Crippen LogP contribution in [0.1, 0.15) is 5.56 Å². The number of benzene rings is 2. The number of hydrogen-bond acceptors (Lipinski definition) is 3. The van der Waals surface area contributed by atoms with E-state index < -0.39 is 18.2 Å². The van der Waals surface area contributed by atoms with E-state index in [1.807, 2.05) is 0 Å². The lowest BCUT2D eigenvalue weighted by atomic mass is 10.2. The van der Waals surface area contributed by atoms with Crippen LogP contribution in [0.15, 0.2) is 54.6 Å². The number of ether oxygens (including phenoxy) is 1. The number of hydrogen-bond donors (Lipinski definition) is 1. The van der Waals surface area contributed by atoms with Gasteiger partial charge in [0.05, 0.1) is 17.3 Å². The molecule has 2 rings (SSSR count). The van der Waals surface area contributed by atoms with E-state index in [0.29, 0.717) is 16.3 Å². The zero-order valence-corrected chi connectivity index (χ0v) is 15.4. The summed E-state index contributed by atoms with van der Waals surface area (Å²) >= 11 is 5.95. The Morgan fingerprint density at radius 3 is 2.39 bits per heavy atom. The molecule has 0 saturated carbocycles. The molecule has 0 atom stereocenters. The summed E-state index contributed by atoms with van der Waals surface area (Å²) < 4.78 is 40.1. The zero-order chi connectivity index (χ0) is 20.7. The molecule has 0 aliphatic carbocycles. The van der Waals surface area contributed by atoms with Gasteiger partial charge in [-0.2, -0.15) is 0 Å². The van der Waals surface area contributed by atoms with Crippen molar-refractivity contribution in [2.24, 2.45) is 0 Å². The van der Waals surface area contributed by atoms with E-state index in [1.54, 1.807) is 24.3 Å². The summed E-state index contributed by atoms with van der Waals surface area (Å²) in [5, 5.41) is 2.98. The molecule has 0 fully saturated rings. The van der Waals surface area contributed by atoms with Crippen molar-refractivity contribution >= 4 is 35.2 Å². The summed E-state index contributed by atoms with van der Waals surface area (Å²) in [6.45, 7) is -0.202. The molecule has 0 saturated heterocycles. The van der Waals surface area contributed by atoms with Crippen LogP contribution >= 0.6 is 11.6 Å². The number of likely N-dealkylation sites (N-methyl/N-ethyl adjacent to an activating group) is 1. The van der Waals surface area contributed by atoms with Gasteiger partial charge in [0.15, 0.2) is 0 Å². The molecule has 0 unspecified atom stereocenters. The second-order valence-electron chi connectivity index (χ2n) is 5.67. The second-order valence-corrected chi connectivity index (χ2v) is 6.08. The average Bonchev–Trinajstić information content (AvgIpc) is 2.61. The number of halogens is 4. The maximum Gasteiger partial charge on any atom is 0.573 e. The highest BCUT2D eigenvalue weighted by Crippen LogP contribution is 2.23. The number of amides is 2. The van der Waals surface area contributed by atoms with Gasteiger partial charge in [0, 0.05) is 13.1 Å². The van der Waals surface area contributed by atoms with Gasteiger partial charge in [-0.1, -0.05) is 35.9 Å². The highest BCUT2D eigenvalue weighted by molar-refractivity contribution is 6.33. The number of para-hydroxylation sites is 1. The minimum atomic E-state index is -4.76. The van der Waals surface area contributed by atoms with E-state index in [2.05, 4.69) is 10.1 Å². The smallest absolute Gasteiger partial charge is 0.406 e. The normalized spacial score (nSPS) is 11.3. The van der Waals surface area contributed by atoms with Crippen molar-refractivity contribution in [3.8, 4) is 5.75 Å². The Morgan fingerprint density at radius 1 is 1.14 bits per heavy atom. The van der Waals surface area contributed by atoms with Gasteiger partial charge in [0.25, 0.3) is 0 Å². The Hall–Kier alpha value is -3.00. The Balaban J connectivity index is 1.89. The Kier molecular flexibility index (Phi) is 7.06. The summed E-state index contributed by atoms with van der Waals surface area (Å²) in [7, 11) is 1.44. The molecule has 148 valence electrons. The monoisotopic (exact) mass is 412 g/mol. The van der Waals surface area contributed by atoms with Crippen LogP contribution in [0.2, 0.25) is 5.02 Å². The topological polar surface area (TPSA) is 58.6 Å². The molecule has 1 N–H and O–H groups in total. The van der Waals surface area contributed by atoms with Crippen molar-refractivity contribution in [3.63, 3.8) is 0 Å². The first kappa shape index (κ1) is 21.3. The standard InChI is InChI=1S/C19H16ClF3N2O3/c1-25(12-17(26)24-16-5-3-2-4-15(16)20)18(27)11-8-13-6-9-14(10-7-13)28-19(21,22)23/h2-11H,12H2,1H3,(H,24,26)/b11-8+. The molecule has 0 aromatic heterocycles. The fourth-order valence-electron chi connectivity index (χ4n) is 2.12. The summed E-state index contributed by atoms with van der Waals surface area (Å²) in [5.41, 5.74) is 0.934. The highest BCUT2D eigenvalue weighted by Gasteiger charge is 2.30. The van der Waals surface area contributed by atoms with E-state index in [9.17, 15) is 22.8 Å². The quantitative estimate of drug-likeness (QED) is 0.718. The minimum absolute atomic E-state index is 0.202. The molecule has 2 amide bonds. The number of rotatable bonds is 6. The lowest BCUT2D eigenvalue weighted by Gasteiger charge is -2.15. The van der Waals surface area contributed by atoms with Crippen LogP contribution in [-0.2, 0) is 9.59 Å². The second kappa shape index (κ2) is 9.27. The van der Waals surface area contributed by atoms with Gasteiger partial charge >= 0.3 is 6.36 Å². The maximum absolute atomic E-state index is 12.1. The molecule has 28 heavy (non-hydrogen) atoms. The molecule has 9 heteroatoms. The summed E-state index contributed by atoms with van der Waals surface area (Å²) in [4.78, 5) is 25.3. The highest BCUT2D eigenvalue weighted by atomic mass is 35.5. The van der Waals surface area contributed by atoms with E-state index in [4.69, 9.17) is 11.6 Å². The number of nitrogens with one attached hydrogen (secondary N) is 1. The SMILES string of the molecule is CN(CC(=O)Nc1ccccc1Cl)C(=O)/C=C/c1ccc(OC(F)(F)F)cc1. The van der Waals surface area contributed by atoms with Crippen molar-refractivity contribution in [2.75, 3.05) is 18.9 Å². The van der Waals surface area contributed by atoms with Gasteiger partial charge < -0.3 is 15.0 Å². The van der Waals surface area contributed by atoms with Gasteiger partial charge in [-0.25, -0.2) is 0 Å². The van der Waals surface area contributed by atoms with Crippen LogP contribution in [0.25, 0.3) is 6.08 Å². The number of carbonyl (C=O) groups is 2. The molecule has 5 nitrogen and oxygen atoms in total. The fraction of sp³-hybridized carbons (Fsp3) is 0.158. The number of nitrogens with zero attached hydrogens (tertiary/aromatic N) is 1. The van der Waals surface area contributed by atoms with Gasteiger partial charge in [-0.05, 0) is 35.9 Å². The molecular weight excluding hydrogens is 397 g/mol. The van der Waals surface area contributed by atoms with Crippen molar-refractivity contribution in [1.82, 2.24) is 4.90 Å². The first-order valence-corrected chi connectivity index (χ1v) is 8.35. The largest absolute Gasteiger partial charge is 0.573 e. The van der Waals surface area contributed by atoms with E-state index in [0.717, 1.165) is 12.1 Å². The summed E-state index contributed by atoms with van der Waals surface area (Å²) in [6.07, 6.45) is -2.13. The van der Waals surface area contributed by atoms with Crippen LogP contribution in [0.4, 0.5) is 18.9 Å². The predicted molar refractivity (Wildman–Crippen MR) is 99.9 cm³/mol. The Bertz CT molecular complexity index is 867. The van der Waals surface area contributed by atoms with Crippen LogP contribution < -0.4 is 10.1 Å². The van der Waals surface area contributed by atoms with Crippen molar-refractivity contribution in [2.45, 2.75) is 6.36 Å². The average molecular weight is 413 g/mol. The van der Waals surface area contributed by atoms with Crippen LogP contribution in [0.3, 0.4) is 0 Å². The molecule has 2 aromatic carbocycles. The third kappa shape index (κ3) is 6.96. The van der Waals surface area contributed by atoms with Crippen LogP contribution in [0.5, 0.6) is 5.75 Å². The van der Waals surface area contributed by atoms with Crippen LogP contribution in [-0.4, -0.2) is 36.7 Å². The van der Waals surface area contributed by atoms with E-state index in [-0.39, 0.29) is 12.3 Å². The lowest BCUT2D eigenvalue weighted by Crippen LogP contribution is -2.33. The molecule has 2 aromatic rings. The number of anilines is 1. The van der Waals surface area contributed by atoms with Gasteiger partial charge in [-0.3, -0.25) is 9.59 Å². The first-order valence-electron chi connectivity index (χ1n) is 7.97. The van der Waals surface area contributed by atoms with Crippen molar-refractivity contribution < 1.29 is 27.5 Å². The number of carbonyl (C=O) groups excluding carboxylic acids is 2. The maximum atomic E-state index is 12.1. The molecule has 0 aliphatic heterocycles. The number of alkyl halides is 3. The molecule has 0 bridgehead atoms. The third-order valence-corrected chi connectivity index (χ3v) is 3.77. The van der Waals surface area contributed by atoms with Gasteiger partial charge in [-0.15, -0.1) is 13.2 Å². The molecule has 0 radical (unpaired) electrons.